The van der Waals surface area contributed by atoms with Gasteiger partial charge in [-0.05, 0) is 13.8 Å². The summed E-state index contributed by atoms with van der Waals surface area (Å²) < 4.78 is 1.59. The van der Waals surface area contributed by atoms with E-state index in [1.165, 1.54) is 0 Å². The Morgan fingerprint density at radius 1 is 1.35 bits per heavy atom. The fourth-order valence-electron chi connectivity index (χ4n) is 1.74. The number of halogens is 1. The predicted octanol–water partition coefficient (Wildman–Crippen LogP) is 1.67. The fraction of sp³-hybridized carbons (Fsp3) is 0.500. The SMILES string of the molecule is CCN(CC)c1cc2nnc(NC)n2nc1Cl. The molecule has 0 radical (unpaired) electrons. The molecule has 2 aromatic heterocycles. The lowest BCUT2D eigenvalue weighted by molar-refractivity contribution is 0.847. The minimum Gasteiger partial charge on any atom is -0.369 e. The zero-order chi connectivity index (χ0) is 12.4. The van der Waals surface area contributed by atoms with E-state index in [9.17, 15) is 0 Å². The van der Waals surface area contributed by atoms with Crippen molar-refractivity contribution < 1.29 is 0 Å². The Morgan fingerprint density at radius 3 is 2.65 bits per heavy atom. The van der Waals surface area contributed by atoms with E-state index in [-0.39, 0.29) is 0 Å². The van der Waals surface area contributed by atoms with Crippen LogP contribution in [0, 0.1) is 0 Å². The Labute approximate surface area is 105 Å². The molecular formula is C10H15ClN6. The van der Waals surface area contributed by atoms with Gasteiger partial charge in [0.2, 0.25) is 5.95 Å². The molecule has 2 heterocycles. The Bertz CT molecular complexity index is 519. The summed E-state index contributed by atoms with van der Waals surface area (Å²) in [7, 11) is 1.77. The second kappa shape index (κ2) is 4.75. The standard InChI is InChI=1S/C10H15ClN6/c1-4-16(5-2)7-6-8-13-14-10(12-3)17(8)15-9(7)11/h6H,4-5H2,1-3H3,(H,12,14). The highest BCUT2D eigenvalue weighted by Crippen LogP contribution is 2.25. The van der Waals surface area contributed by atoms with Crippen LogP contribution in [0.1, 0.15) is 13.8 Å². The number of hydrogen-bond acceptors (Lipinski definition) is 5. The Hall–Kier alpha value is -1.56. The van der Waals surface area contributed by atoms with Crippen LogP contribution in [0.4, 0.5) is 11.6 Å². The molecule has 0 atom stereocenters. The van der Waals surface area contributed by atoms with Crippen molar-refractivity contribution in [3.63, 3.8) is 0 Å². The van der Waals surface area contributed by atoms with Crippen LogP contribution in [-0.2, 0) is 0 Å². The van der Waals surface area contributed by atoms with Crippen molar-refractivity contribution in [3.05, 3.63) is 11.2 Å². The molecule has 0 saturated carbocycles. The average molecular weight is 255 g/mol. The summed E-state index contributed by atoms with van der Waals surface area (Å²) in [6.45, 7) is 5.90. The summed E-state index contributed by atoms with van der Waals surface area (Å²) >= 11 is 6.18. The van der Waals surface area contributed by atoms with E-state index < -0.39 is 0 Å². The molecule has 0 unspecified atom stereocenters. The summed E-state index contributed by atoms with van der Waals surface area (Å²) in [6.07, 6.45) is 0. The van der Waals surface area contributed by atoms with Crippen molar-refractivity contribution in [3.8, 4) is 0 Å². The maximum absolute atomic E-state index is 6.18. The van der Waals surface area contributed by atoms with Gasteiger partial charge in [0.05, 0.1) is 5.69 Å². The number of anilines is 2. The van der Waals surface area contributed by atoms with Crippen LogP contribution < -0.4 is 10.2 Å². The summed E-state index contributed by atoms with van der Waals surface area (Å²) in [6, 6.07) is 1.90. The monoisotopic (exact) mass is 254 g/mol. The van der Waals surface area contributed by atoms with Gasteiger partial charge in [0.1, 0.15) is 0 Å². The molecule has 0 amide bonds. The Morgan fingerprint density at radius 2 is 2.06 bits per heavy atom. The lowest BCUT2D eigenvalue weighted by Gasteiger charge is -2.21. The molecule has 2 aromatic rings. The third-order valence-electron chi connectivity index (χ3n) is 2.66. The van der Waals surface area contributed by atoms with Crippen molar-refractivity contribution in [2.75, 3.05) is 30.4 Å². The van der Waals surface area contributed by atoms with Gasteiger partial charge in [-0.1, -0.05) is 11.6 Å². The number of nitrogens with one attached hydrogen (secondary N) is 1. The van der Waals surface area contributed by atoms with Crippen LogP contribution in [0.3, 0.4) is 0 Å². The van der Waals surface area contributed by atoms with Crippen LogP contribution in [0.25, 0.3) is 5.65 Å². The summed E-state index contributed by atoms with van der Waals surface area (Å²) in [5.41, 5.74) is 1.57. The zero-order valence-corrected chi connectivity index (χ0v) is 10.9. The van der Waals surface area contributed by atoms with Gasteiger partial charge in [-0.2, -0.15) is 4.52 Å². The van der Waals surface area contributed by atoms with Crippen LogP contribution in [0.5, 0.6) is 0 Å². The van der Waals surface area contributed by atoms with Gasteiger partial charge in [0.15, 0.2) is 10.8 Å². The first-order valence-corrected chi connectivity index (χ1v) is 5.93. The normalized spacial score (nSPS) is 10.8. The molecule has 6 nitrogen and oxygen atoms in total. The molecular weight excluding hydrogens is 240 g/mol. The smallest absolute Gasteiger partial charge is 0.245 e. The summed E-state index contributed by atoms with van der Waals surface area (Å²) in [4.78, 5) is 2.13. The molecule has 0 spiro atoms. The highest BCUT2D eigenvalue weighted by Gasteiger charge is 2.13. The minimum absolute atomic E-state index is 0.456. The van der Waals surface area contributed by atoms with Crippen molar-refractivity contribution in [1.29, 1.82) is 0 Å². The van der Waals surface area contributed by atoms with Crippen LogP contribution in [-0.4, -0.2) is 39.9 Å². The largest absolute Gasteiger partial charge is 0.369 e. The van der Waals surface area contributed by atoms with Crippen LogP contribution >= 0.6 is 11.6 Å². The molecule has 0 aliphatic rings. The van der Waals surface area contributed by atoms with Crippen molar-refractivity contribution in [1.82, 2.24) is 19.8 Å². The van der Waals surface area contributed by atoms with E-state index in [1.54, 1.807) is 11.6 Å². The minimum atomic E-state index is 0.456. The quantitative estimate of drug-likeness (QED) is 0.899. The highest BCUT2D eigenvalue weighted by molar-refractivity contribution is 6.32. The molecule has 0 fully saturated rings. The van der Waals surface area contributed by atoms with Gasteiger partial charge in [0.25, 0.3) is 0 Å². The van der Waals surface area contributed by atoms with Crippen LogP contribution in [0.15, 0.2) is 6.07 Å². The maximum Gasteiger partial charge on any atom is 0.245 e. The lowest BCUT2D eigenvalue weighted by atomic mass is 10.4. The molecule has 2 rings (SSSR count). The average Bonchev–Trinajstić information content (AvgIpc) is 2.73. The predicted molar refractivity (Wildman–Crippen MR) is 68.9 cm³/mol. The molecule has 7 heteroatoms. The number of nitrogens with zero attached hydrogens (tertiary/aromatic N) is 5. The van der Waals surface area contributed by atoms with E-state index in [0.717, 1.165) is 18.8 Å². The summed E-state index contributed by atoms with van der Waals surface area (Å²) in [5.74, 6) is 0.577. The molecule has 0 aliphatic heterocycles. The van der Waals surface area contributed by atoms with Gasteiger partial charge in [-0.25, -0.2) is 0 Å². The van der Waals surface area contributed by atoms with E-state index in [4.69, 9.17) is 11.6 Å². The maximum atomic E-state index is 6.18. The third-order valence-corrected chi connectivity index (χ3v) is 2.93. The molecule has 0 aromatic carbocycles. The second-order valence-electron chi connectivity index (χ2n) is 3.54. The van der Waals surface area contributed by atoms with Crippen molar-refractivity contribution in [2.24, 2.45) is 0 Å². The van der Waals surface area contributed by atoms with E-state index in [0.29, 0.717) is 16.7 Å². The highest BCUT2D eigenvalue weighted by atomic mass is 35.5. The molecule has 17 heavy (non-hydrogen) atoms. The van der Waals surface area contributed by atoms with Gasteiger partial charge < -0.3 is 10.2 Å². The molecule has 1 N–H and O–H groups in total. The molecule has 0 saturated heterocycles. The Kier molecular flexibility index (Phi) is 3.33. The summed E-state index contributed by atoms with van der Waals surface area (Å²) in [5, 5.41) is 15.7. The van der Waals surface area contributed by atoms with E-state index in [2.05, 4.69) is 39.4 Å². The molecule has 92 valence electrons. The number of fused-ring (bicyclic) bond motifs is 1. The van der Waals surface area contributed by atoms with E-state index >= 15 is 0 Å². The van der Waals surface area contributed by atoms with Gasteiger partial charge in [-0.3, -0.25) is 0 Å². The first kappa shape index (κ1) is 11.9. The number of aromatic nitrogens is 4. The zero-order valence-electron chi connectivity index (χ0n) is 10.1. The van der Waals surface area contributed by atoms with Gasteiger partial charge in [0, 0.05) is 26.2 Å². The van der Waals surface area contributed by atoms with Crippen molar-refractivity contribution in [2.45, 2.75) is 13.8 Å². The van der Waals surface area contributed by atoms with Crippen molar-refractivity contribution >= 4 is 28.9 Å². The second-order valence-corrected chi connectivity index (χ2v) is 3.89. The lowest BCUT2D eigenvalue weighted by Crippen LogP contribution is -2.22. The van der Waals surface area contributed by atoms with Gasteiger partial charge in [-0.15, -0.1) is 15.3 Å². The third kappa shape index (κ3) is 2.00. The van der Waals surface area contributed by atoms with Crippen LogP contribution in [0.2, 0.25) is 5.15 Å². The Balaban J connectivity index is 2.56. The first-order valence-electron chi connectivity index (χ1n) is 5.55. The van der Waals surface area contributed by atoms with E-state index in [1.807, 2.05) is 6.07 Å². The molecule has 0 bridgehead atoms. The first-order chi connectivity index (χ1) is 8.21. The fourth-order valence-corrected chi connectivity index (χ4v) is 1.99. The molecule has 0 aliphatic carbocycles. The number of hydrogen-bond donors (Lipinski definition) is 1. The van der Waals surface area contributed by atoms with Gasteiger partial charge >= 0.3 is 0 Å². The number of rotatable bonds is 4. The topological polar surface area (TPSA) is 58.4 Å².